The Morgan fingerprint density at radius 2 is 1.88 bits per heavy atom. The van der Waals surface area contributed by atoms with Crippen LogP contribution in [-0.2, 0) is 10.0 Å². The van der Waals surface area contributed by atoms with Crippen LogP contribution in [0.25, 0.3) is 16.6 Å². The molecule has 3 heterocycles. The van der Waals surface area contributed by atoms with E-state index in [2.05, 4.69) is 15.6 Å². The lowest BCUT2D eigenvalue weighted by Crippen LogP contribution is -2.34. The number of hydrogen-bond acceptors (Lipinski definition) is 8. The number of fused-ring (bicyclic) bond motifs is 1. The van der Waals surface area contributed by atoms with Gasteiger partial charge in [0.25, 0.3) is 15.6 Å². The average molecular weight is 502 g/mol. The molecule has 34 heavy (non-hydrogen) atoms. The fourth-order valence-electron chi connectivity index (χ4n) is 3.16. The molecule has 3 N–H and O–H groups in total. The van der Waals surface area contributed by atoms with Crippen molar-refractivity contribution in [1.29, 1.82) is 0 Å². The van der Waals surface area contributed by atoms with Crippen LogP contribution in [0.2, 0.25) is 0 Å². The second-order valence-electron chi connectivity index (χ2n) is 6.91. The van der Waals surface area contributed by atoms with Gasteiger partial charge in [0.05, 0.1) is 11.9 Å². The summed E-state index contributed by atoms with van der Waals surface area (Å²) in [6.07, 6.45) is 3.22. The van der Waals surface area contributed by atoms with Crippen molar-refractivity contribution in [3.63, 3.8) is 0 Å². The Hall–Kier alpha value is -4.10. The van der Waals surface area contributed by atoms with E-state index in [9.17, 15) is 27.2 Å². The summed E-state index contributed by atoms with van der Waals surface area (Å²) in [6, 6.07) is 8.78. The van der Waals surface area contributed by atoms with E-state index in [4.69, 9.17) is 0 Å². The number of nitrogens with one attached hydrogen (secondary N) is 3. The number of halogens is 1. The molecule has 0 saturated heterocycles. The summed E-state index contributed by atoms with van der Waals surface area (Å²) < 4.78 is 39.9. The van der Waals surface area contributed by atoms with Crippen LogP contribution in [0.1, 0.15) is 10.4 Å². The fraction of sp³-hybridized carbons (Fsp3) is 0.0476. The lowest BCUT2D eigenvalue weighted by atomic mass is 10.1. The first-order valence-corrected chi connectivity index (χ1v) is 11.9. The van der Waals surface area contributed by atoms with Gasteiger partial charge >= 0.3 is 6.03 Å². The normalized spacial score (nSPS) is 11.2. The molecule has 3 aromatic heterocycles. The van der Waals surface area contributed by atoms with Crippen molar-refractivity contribution >= 4 is 55.8 Å². The Labute approximate surface area is 196 Å². The molecule has 4 aromatic rings. The first-order chi connectivity index (χ1) is 16.2. The Morgan fingerprint density at radius 1 is 1.12 bits per heavy atom. The Bertz CT molecular complexity index is 1580. The van der Waals surface area contributed by atoms with Gasteiger partial charge in [0.15, 0.2) is 11.4 Å². The smallest absolute Gasteiger partial charge is 0.333 e. The molecule has 1 aromatic carbocycles. The molecule has 0 aliphatic rings. The summed E-state index contributed by atoms with van der Waals surface area (Å²) in [4.78, 5) is 40.8. The number of aldehydes is 1. The topological polar surface area (TPSA) is 139 Å². The summed E-state index contributed by atoms with van der Waals surface area (Å²) in [6.45, 7) is 0. The SMILES string of the molecule is CNc1ccc2c(=O)n(-c3ccc(NC(=O)NS(=O)(=O)c4ccc(F)s4)cn3)cc(C=O)c2c1. The summed E-state index contributed by atoms with van der Waals surface area (Å²) in [5.41, 5.74) is 0.761. The maximum absolute atomic E-state index is 13.1. The van der Waals surface area contributed by atoms with Gasteiger partial charge in [0.2, 0.25) is 0 Å². The van der Waals surface area contributed by atoms with Gasteiger partial charge in [0, 0.05) is 35.3 Å². The number of nitrogens with zero attached hydrogens (tertiary/aromatic N) is 2. The van der Waals surface area contributed by atoms with Crippen molar-refractivity contribution in [3.8, 4) is 5.82 Å². The molecule has 0 atom stereocenters. The number of thiophene rings is 1. The lowest BCUT2D eigenvalue weighted by molar-refractivity contribution is 0.112. The maximum Gasteiger partial charge on any atom is 0.333 e. The maximum atomic E-state index is 13.1. The van der Waals surface area contributed by atoms with E-state index < -0.39 is 26.7 Å². The predicted molar refractivity (Wildman–Crippen MR) is 126 cm³/mol. The molecule has 174 valence electrons. The molecular weight excluding hydrogens is 485 g/mol. The number of carbonyl (C=O) groups is 2. The molecule has 0 aliphatic carbocycles. The zero-order valence-corrected chi connectivity index (χ0v) is 19.0. The number of sulfonamides is 1. The highest BCUT2D eigenvalue weighted by Gasteiger charge is 2.20. The summed E-state index contributed by atoms with van der Waals surface area (Å²) >= 11 is 0.379. The fourth-order valence-corrected chi connectivity index (χ4v) is 5.07. The molecule has 4 rings (SSSR count). The van der Waals surface area contributed by atoms with Crippen LogP contribution in [-0.4, -0.2) is 37.3 Å². The molecule has 2 amide bonds. The first-order valence-electron chi connectivity index (χ1n) is 9.60. The molecule has 10 nitrogen and oxygen atoms in total. The molecule has 0 saturated carbocycles. The third kappa shape index (κ3) is 4.51. The second kappa shape index (κ2) is 9.03. The Kier molecular flexibility index (Phi) is 6.13. The highest BCUT2D eigenvalue weighted by Crippen LogP contribution is 2.21. The summed E-state index contributed by atoms with van der Waals surface area (Å²) in [7, 11) is -2.51. The van der Waals surface area contributed by atoms with E-state index >= 15 is 0 Å². The highest BCUT2D eigenvalue weighted by molar-refractivity contribution is 7.92. The molecule has 0 fully saturated rings. The van der Waals surface area contributed by atoms with Gasteiger partial charge in [-0.15, -0.1) is 0 Å². The number of anilines is 2. The van der Waals surface area contributed by atoms with Gasteiger partial charge in [-0.1, -0.05) is 11.3 Å². The second-order valence-corrected chi connectivity index (χ2v) is 9.85. The molecule has 0 spiro atoms. The van der Waals surface area contributed by atoms with Gasteiger partial charge in [-0.05, 0) is 42.5 Å². The van der Waals surface area contributed by atoms with Crippen molar-refractivity contribution < 1.29 is 22.4 Å². The number of carbonyl (C=O) groups excluding carboxylic acids is 2. The number of hydrogen-bond donors (Lipinski definition) is 3. The molecule has 13 heteroatoms. The third-order valence-corrected chi connectivity index (χ3v) is 7.45. The minimum atomic E-state index is -4.24. The zero-order valence-electron chi connectivity index (χ0n) is 17.4. The monoisotopic (exact) mass is 501 g/mol. The minimum Gasteiger partial charge on any atom is -0.388 e. The standard InChI is InChI=1S/C21H16FN5O5S2/c1-23-13-2-4-15-16(8-13)12(11-28)10-27(20(15)29)18-6-3-14(9-24-18)25-21(30)26-34(31,32)19-7-5-17(22)33-19/h2-11,23H,1H3,(H2,25,26,30). The van der Waals surface area contributed by atoms with Crippen molar-refractivity contribution in [3.05, 3.63) is 75.9 Å². The molecule has 0 bridgehead atoms. The number of urea groups is 1. The summed E-state index contributed by atoms with van der Waals surface area (Å²) in [5.74, 6) is 0.181. The van der Waals surface area contributed by atoms with Crippen molar-refractivity contribution in [2.75, 3.05) is 17.7 Å². The van der Waals surface area contributed by atoms with E-state index in [1.807, 2.05) is 0 Å². The zero-order chi connectivity index (χ0) is 24.5. The predicted octanol–water partition coefficient (Wildman–Crippen LogP) is 2.95. The van der Waals surface area contributed by atoms with Crippen LogP contribution in [0.5, 0.6) is 0 Å². The van der Waals surface area contributed by atoms with Gasteiger partial charge in [0.1, 0.15) is 10.0 Å². The number of pyridine rings is 2. The largest absolute Gasteiger partial charge is 0.388 e. The van der Waals surface area contributed by atoms with Crippen molar-refractivity contribution in [1.82, 2.24) is 14.3 Å². The van der Waals surface area contributed by atoms with Crippen LogP contribution < -0.4 is 20.9 Å². The van der Waals surface area contributed by atoms with E-state index in [1.165, 1.54) is 29.1 Å². The lowest BCUT2D eigenvalue weighted by Gasteiger charge is -2.11. The van der Waals surface area contributed by atoms with Crippen LogP contribution in [0.15, 0.2) is 63.9 Å². The Balaban J connectivity index is 1.58. The summed E-state index contributed by atoms with van der Waals surface area (Å²) in [5, 5.41) is 5.36. The highest BCUT2D eigenvalue weighted by atomic mass is 32.2. The van der Waals surface area contributed by atoms with Gasteiger partial charge in [-0.3, -0.25) is 14.2 Å². The van der Waals surface area contributed by atoms with Gasteiger partial charge in [-0.25, -0.2) is 22.9 Å². The molecule has 0 radical (unpaired) electrons. The quantitative estimate of drug-likeness (QED) is 0.345. The number of amides is 2. The van der Waals surface area contributed by atoms with Crippen LogP contribution in [0.4, 0.5) is 20.6 Å². The Morgan fingerprint density at radius 3 is 2.50 bits per heavy atom. The van der Waals surface area contributed by atoms with E-state index in [0.717, 1.165) is 17.8 Å². The number of aromatic nitrogens is 2. The number of benzene rings is 1. The van der Waals surface area contributed by atoms with Crippen LogP contribution in [0.3, 0.4) is 0 Å². The molecular formula is C21H16FN5O5S2. The van der Waals surface area contributed by atoms with Crippen LogP contribution >= 0.6 is 11.3 Å². The first kappa shape index (κ1) is 23.1. The number of rotatable bonds is 6. The third-order valence-electron chi connectivity index (χ3n) is 4.76. The van der Waals surface area contributed by atoms with E-state index in [-0.39, 0.29) is 21.3 Å². The van der Waals surface area contributed by atoms with Crippen LogP contribution in [0, 0.1) is 5.13 Å². The molecule has 0 unspecified atom stereocenters. The van der Waals surface area contributed by atoms with E-state index in [1.54, 1.807) is 30.0 Å². The average Bonchev–Trinajstić information content (AvgIpc) is 3.27. The van der Waals surface area contributed by atoms with Gasteiger partial charge < -0.3 is 10.6 Å². The minimum absolute atomic E-state index is 0.136. The molecule has 0 aliphatic heterocycles. The van der Waals surface area contributed by atoms with E-state index in [0.29, 0.717) is 28.4 Å². The van der Waals surface area contributed by atoms with Crippen molar-refractivity contribution in [2.24, 2.45) is 0 Å². The van der Waals surface area contributed by atoms with Gasteiger partial charge in [-0.2, -0.15) is 4.39 Å². The van der Waals surface area contributed by atoms with Crippen molar-refractivity contribution in [2.45, 2.75) is 4.21 Å².